The van der Waals surface area contributed by atoms with Crippen LogP contribution >= 0.6 is 8.81 Å². The van der Waals surface area contributed by atoms with Crippen molar-refractivity contribution in [2.75, 3.05) is 25.9 Å². The zero-order valence-corrected chi connectivity index (χ0v) is 12.4. The summed E-state index contributed by atoms with van der Waals surface area (Å²) in [4.78, 5) is 13.7. The molecule has 0 aromatic heterocycles. The van der Waals surface area contributed by atoms with Gasteiger partial charge in [0.25, 0.3) is 0 Å². The van der Waals surface area contributed by atoms with Crippen LogP contribution in [0, 0.1) is 5.41 Å². The lowest BCUT2D eigenvalue weighted by Gasteiger charge is -2.18. The molecule has 1 amide bonds. The van der Waals surface area contributed by atoms with Crippen molar-refractivity contribution in [2.24, 2.45) is 5.41 Å². The van der Waals surface area contributed by atoms with Crippen molar-refractivity contribution in [3.8, 4) is 0 Å². The Morgan fingerprint density at radius 2 is 1.94 bits per heavy atom. The average molecular weight is 259 g/mol. The monoisotopic (exact) mass is 259 g/mol. The maximum Gasteiger partial charge on any atom is 0.222 e. The predicted octanol–water partition coefficient (Wildman–Crippen LogP) is 3.05. The van der Waals surface area contributed by atoms with Crippen LogP contribution in [-0.2, 0) is 9.32 Å². The fraction of sp³-hybridized carbons (Fsp3) is 0.923. The Bertz CT molecular complexity index is 232. The third-order valence-electron chi connectivity index (χ3n) is 2.96. The predicted molar refractivity (Wildman–Crippen MR) is 73.6 cm³/mol. The molecule has 4 heteroatoms. The highest BCUT2D eigenvalue weighted by Gasteiger charge is 2.17. The van der Waals surface area contributed by atoms with E-state index in [0.29, 0.717) is 26.6 Å². The van der Waals surface area contributed by atoms with Gasteiger partial charge in [0, 0.05) is 28.3 Å². The molecular formula is C13H26NO2P. The van der Waals surface area contributed by atoms with E-state index in [-0.39, 0.29) is 0 Å². The van der Waals surface area contributed by atoms with Crippen LogP contribution in [0.1, 0.15) is 46.5 Å². The summed E-state index contributed by atoms with van der Waals surface area (Å²) in [6, 6.07) is 0. The summed E-state index contributed by atoms with van der Waals surface area (Å²) in [7, 11) is 0.479. The van der Waals surface area contributed by atoms with Gasteiger partial charge in [-0.15, -0.1) is 0 Å². The van der Waals surface area contributed by atoms with E-state index < -0.39 is 0 Å². The molecule has 1 fully saturated rings. The number of nitrogens with zero attached hydrogens (tertiary/aromatic N) is 1. The number of amides is 1. The maximum absolute atomic E-state index is 11.7. The first-order valence-corrected chi connectivity index (χ1v) is 7.73. The summed E-state index contributed by atoms with van der Waals surface area (Å²) < 4.78 is 5.58. The van der Waals surface area contributed by atoms with Crippen LogP contribution in [0.15, 0.2) is 0 Å². The lowest BCUT2D eigenvalue weighted by atomic mass is 9.93. The normalized spacial score (nSPS) is 17.2. The van der Waals surface area contributed by atoms with Crippen LogP contribution in [-0.4, -0.2) is 36.7 Å². The highest BCUT2D eigenvalue weighted by molar-refractivity contribution is 7.32. The third-order valence-corrected chi connectivity index (χ3v) is 3.82. The molecule has 1 aliphatic heterocycles. The summed E-state index contributed by atoms with van der Waals surface area (Å²) in [6.07, 6.45) is 4.99. The smallest absolute Gasteiger partial charge is 0.222 e. The van der Waals surface area contributed by atoms with E-state index in [0.717, 1.165) is 32.3 Å². The van der Waals surface area contributed by atoms with Crippen molar-refractivity contribution in [1.29, 1.82) is 0 Å². The molecule has 1 saturated heterocycles. The number of carbonyl (C=O) groups excluding carboxylic acids is 1. The standard InChI is InChI=1S/C13H26NO2P/c1-13(2,3)7-10-16-17-11-6-12(15)14-8-4-5-9-14/h17H,4-11H2,1-3H3. The van der Waals surface area contributed by atoms with Gasteiger partial charge in [0.1, 0.15) is 0 Å². The van der Waals surface area contributed by atoms with Crippen molar-refractivity contribution < 1.29 is 9.32 Å². The minimum absolute atomic E-state index is 0.314. The summed E-state index contributed by atoms with van der Waals surface area (Å²) in [5, 5.41) is 0. The fourth-order valence-corrected chi connectivity index (χ4v) is 2.49. The minimum atomic E-state index is 0.314. The second-order valence-electron chi connectivity index (χ2n) is 5.89. The van der Waals surface area contributed by atoms with Gasteiger partial charge in [-0.3, -0.25) is 4.79 Å². The Balaban J connectivity index is 1.95. The van der Waals surface area contributed by atoms with E-state index >= 15 is 0 Å². The van der Waals surface area contributed by atoms with Crippen LogP contribution in [0.3, 0.4) is 0 Å². The van der Waals surface area contributed by atoms with Crippen molar-refractivity contribution >= 4 is 14.7 Å². The SMILES string of the molecule is CC(C)(C)CCOPCCC(=O)N1CCCC1. The van der Waals surface area contributed by atoms with Crippen LogP contribution in [0.25, 0.3) is 0 Å². The molecule has 17 heavy (non-hydrogen) atoms. The average Bonchev–Trinajstić information content (AvgIpc) is 2.74. The molecule has 0 saturated carbocycles. The Morgan fingerprint density at radius 1 is 1.29 bits per heavy atom. The van der Waals surface area contributed by atoms with Crippen LogP contribution < -0.4 is 0 Å². The van der Waals surface area contributed by atoms with E-state index in [4.69, 9.17) is 4.52 Å². The van der Waals surface area contributed by atoms with Gasteiger partial charge in [0.05, 0.1) is 6.61 Å². The summed E-state index contributed by atoms with van der Waals surface area (Å²) in [5.74, 6) is 0.314. The van der Waals surface area contributed by atoms with Crippen LogP contribution in [0.4, 0.5) is 0 Å². The molecule has 0 aromatic carbocycles. The first kappa shape index (κ1) is 14.9. The van der Waals surface area contributed by atoms with Crippen molar-refractivity contribution in [3.63, 3.8) is 0 Å². The van der Waals surface area contributed by atoms with Crippen molar-refractivity contribution in [3.05, 3.63) is 0 Å². The quantitative estimate of drug-likeness (QED) is 0.542. The Kier molecular flexibility index (Phi) is 6.43. The molecule has 0 aromatic rings. The zero-order chi connectivity index (χ0) is 12.7. The van der Waals surface area contributed by atoms with Gasteiger partial charge in [-0.05, 0) is 30.8 Å². The van der Waals surface area contributed by atoms with Gasteiger partial charge in [0.2, 0.25) is 5.91 Å². The summed E-state index contributed by atoms with van der Waals surface area (Å²) >= 11 is 0. The Labute approximate surface area is 107 Å². The second kappa shape index (κ2) is 7.33. The minimum Gasteiger partial charge on any atom is -0.362 e. The topological polar surface area (TPSA) is 29.5 Å². The maximum atomic E-state index is 11.7. The second-order valence-corrected chi connectivity index (χ2v) is 6.97. The van der Waals surface area contributed by atoms with E-state index in [1.807, 2.05) is 4.90 Å². The zero-order valence-electron chi connectivity index (χ0n) is 11.4. The van der Waals surface area contributed by atoms with Gasteiger partial charge in [-0.1, -0.05) is 20.8 Å². The number of rotatable bonds is 6. The third kappa shape index (κ3) is 7.00. The molecule has 1 unspecified atom stereocenters. The molecule has 0 N–H and O–H groups in total. The van der Waals surface area contributed by atoms with Gasteiger partial charge >= 0.3 is 0 Å². The molecule has 0 radical (unpaired) electrons. The first-order valence-electron chi connectivity index (χ1n) is 6.61. The first-order chi connectivity index (χ1) is 7.99. The van der Waals surface area contributed by atoms with Gasteiger partial charge < -0.3 is 9.42 Å². The highest BCUT2D eigenvalue weighted by atomic mass is 31.1. The molecule has 1 heterocycles. The molecule has 1 aliphatic rings. The van der Waals surface area contributed by atoms with Gasteiger partial charge in [0.15, 0.2) is 0 Å². The number of likely N-dealkylation sites (tertiary alicyclic amines) is 1. The van der Waals surface area contributed by atoms with E-state index in [2.05, 4.69) is 20.8 Å². The lowest BCUT2D eigenvalue weighted by molar-refractivity contribution is -0.129. The van der Waals surface area contributed by atoms with E-state index in [9.17, 15) is 4.79 Å². The molecule has 1 rings (SSSR count). The molecule has 1 atom stereocenters. The summed E-state index contributed by atoms with van der Waals surface area (Å²) in [5.41, 5.74) is 0.343. The largest absolute Gasteiger partial charge is 0.362 e. The lowest BCUT2D eigenvalue weighted by Crippen LogP contribution is -2.27. The van der Waals surface area contributed by atoms with Gasteiger partial charge in [-0.25, -0.2) is 0 Å². The Morgan fingerprint density at radius 3 is 2.53 bits per heavy atom. The molecule has 0 bridgehead atoms. The van der Waals surface area contributed by atoms with Gasteiger partial charge in [-0.2, -0.15) is 0 Å². The molecule has 0 aliphatic carbocycles. The van der Waals surface area contributed by atoms with Crippen LogP contribution in [0.5, 0.6) is 0 Å². The highest BCUT2D eigenvalue weighted by Crippen LogP contribution is 2.22. The van der Waals surface area contributed by atoms with Crippen LogP contribution in [0.2, 0.25) is 0 Å². The molecule has 3 nitrogen and oxygen atoms in total. The van der Waals surface area contributed by atoms with E-state index in [1.54, 1.807) is 0 Å². The number of hydrogen-bond donors (Lipinski definition) is 0. The molecular weight excluding hydrogens is 233 g/mol. The Hall–Kier alpha value is -0.140. The number of hydrogen-bond acceptors (Lipinski definition) is 2. The summed E-state index contributed by atoms with van der Waals surface area (Å²) in [6.45, 7) is 9.41. The van der Waals surface area contributed by atoms with E-state index in [1.165, 1.54) is 12.8 Å². The molecule has 0 spiro atoms. The fourth-order valence-electron chi connectivity index (χ4n) is 1.78. The molecule has 100 valence electrons. The number of carbonyl (C=O) groups is 1. The van der Waals surface area contributed by atoms with Crippen molar-refractivity contribution in [2.45, 2.75) is 46.5 Å². The van der Waals surface area contributed by atoms with Crippen molar-refractivity contribution in [1.82, 2.24) is 4.90 Å².